The fourth-order valence-corrected chi connectivity index (χ4v) is 3.03. The van der Waals surface area contributed by atoms with Crippen molar-refractivity contribution in [2.24, 2.45) is 0 Å². The molecule has 1 unspecified atom stereocenters. The number of piperidine rings is 1. The lowest BCUT2D eigenvalue weighted by Gasteiger charge is -2.35. The second-order valence-corrected chi connectivity index (χ2v) is 6.58. The Balaban J connectivity index is 2.06. The van der Waals surface area contributed by atoms with Gasteiger partial charge in [0.1, 0.15) is 0 Å². The van der Waals surface area contributed by atoms with Crippen molar-refractivity contribution < 1.29 is 9.59 Å². The molecule has 1 fully saturated rings. The summed E-state index contributed by atoms with van der Waals surface area (Å²) in [5.74, 6) is -0.207. The molecule has 6 nitrogen and oxygen atoms in total. The van der Waals surface area contributed by atoms with Crippen molar-refractivity contribution in [2.45, 2.75) is 38.6 Å². The van der Waals surface area contributed by atoms with Crippen LogP contribution in [0.15, 0.2) is 18.5 Å². The summed E-state index contributed by atoms with van der Waals surface area (Å²) < 4.78 is 0. The second kappa shape index (κ2) is 8.78. The van der Waals surface area contributed by atoms with Crippen molar-refractivity contribution >= 4 is 11.8 Å². The SMILES string of the molecule is CCC1CCCCN1C(=O)c1cncc(C(=O)NCCN(C)C)c1. The maximum atomic E-state index is 12.8. The maximum absolute atomic E-state index is 12.8. The lowest BCUT2D eigenvalue weighted by Crippen LogP contribution is -2.43. The zero-order valence-electron chi connectivity index (χ0n) is 14.9. The molecule has 1 aliphatic heterocycles. The molecule has 2 rings (SSSR count). The number of likely N-dealkylation sites (tertiary alicyclic amines) is 1. The van der Waals surface area contributed by atoms with Crippen molar-refractivity contribution in [2.75, 3.05) is 33.7 Å². The summed E-state index contributed by atoms with van der Waals surface area (Å²) in [4.78, 5) is 33.0. The average Bonchev–Trinajstić information content (AvgIpc) is 2.60. The average molecular weight is 332 g/mol. The van der Waals surface area contributed by atoms with E-state index in [1.54, 1.807) is 12.3 Å². The molecule has 0 aliphatic carbocycles. The zero-order chi connectivity index (χ0) is 17.5. The molecule has 1 atom stereocenters. The molecule has 2 amide bonds. The fourth-order valence-electron chi connectivity index (χ4n) is 3.03. The Morgan fingerprint density at radius 1 is 1.29 bits per heavy atom. The van der Waals surface area contributed by atoms with Gasteiger partial charge in [-0.15, -0.1) is 0 Å². The molecule has 2 heterocycles. The van der Waals surface area contributed by atoms with E-state index in [0.717, 1.165) is 32.4 Å². The van der Waals surface area contributed by atoms with Gasteiger partial charge in [-0.25, -0.2) is 0 Å². The van der Waals surface area contributed by atoms with Crippen molar-refractivity contribution in [3.05, 3.63) is 29.6 Å². The largest absolute Gasteiger partial charge is 0.351 e. The summed E-state index contributed by atoms with van der Waals surface area (Å²) >= 11 is 0. The Bertz CT molecular complexity index is 574. The van der Waals surface area contributed by atoms with Gasteiger partial charge in [0.25, 0.3) is 11.8 Å². The van der Waals surface area contributed by atoms with Crippen molar-refractivity contribution in [1.82, 2.24) is 20.1 Å². The number of aromatic nitrogens is 1. The van der Waals surface area contributed by atoms with E-state index in [-0.39, 0.29) is 11.8 Å². The lowest BCUT2D eigenvalue weighted by molar-refractivity contribution is 0.0607. The first-order chi connectivity index (χ1) is 11.5. The highest BCUT2D eigenvalue weighted by atomic mass is 16.2. The topological polar surface area (TPSA) is 65.5 Å². The summed E-state index contributed by atoms with van der Waals surface area (Å²) in [6.07, 6.45) is 7.30. The van der Waals surface area contributed by atoms with Crippen LogP contribution in [0.2, 0.25) is 0 Å². The summed E-state index contributed by atoms with van der Waals surface area (Å²) in [6.45, 7) is 4.23. The molecule has 24 heavy (non-hydrogen) atoms. The number of amides is 2. The van der Waals surface area contributed by atoms with Gasteiger partial charge in [0, 0.05) is 38.1 Å². The number of hydrogen-bond acceptors (Lipinski definition) is 4. The Morgan fingerprint density at radius 3 is 2.75 bits per heavy atom. The van der Waals surface area contributed by atoms with E-state index >= 15 is 0 Å². The quantitative estimate of drug-likeness (QED) is 0.862. The van der Waals surface area contributed by atoms with Crippen LogP contribution in [0.5, 0.6) is 0 Å². The minimum Gasteiger partial charge on any atom is -0.351 e. The molecular formula is C18H28N4O2. The van der Waals surface area contributed by atoms with Gasteiger partial charge in [0.2, 0.25) is 0 Å². The van der Waals surface area contributed by atoms with E-state index in [1.807, 2.05) is 23.9 Å². The van der Waals surface area contributed by atoms with E-state index in [9.17, 15) is 9.59 Å². The molecule has 0 aromatic carbocycles. The first-order valence-electron chi connectivity index (χ1n) is 8.72. The number of hydrogen-bond donors (Lipinski definition) is 1. The van der Waals surface area contributed by atoms with Crippen LogP contribution in [0.4, 0.5) is 0 Å². The second-order valence-electron chi connectivity index (χ2n) is 6.58. The molecule has 0 saturated carbocycles. The Kier molecular flexibility index (Phi) is 6.73. The third kappa shape index (κ3) is 4.77. The van der Waals surface area contributed by atoms with Gasteiger partial charge in [-0.05, 0) is 45.8 Å². The first kappa shape index (κ1) is 18.4. The maximum Gasteiger partial charge on any atom is 0.255 e. The normalized spacial score (nSPS) is 17.8. The van der Waals surface area contributed by atoms with Crippen LogP contribution >= 0.6 is 0 Å². The van der Waals surface area contributed by atoms with Gasteiger partial charge in [-0.1, -0.05) is 6.92 Å². The van der Waals surface area contributed by atoms with Crippen LogP contribution in [0, 0.1) is 0 Å². The molecule has 6 heteroatoms. The highest BCUT2D eigenvalue weighted by Gasteiger charge is 2.26. The molecule has 1 aromatic heterocycles. The van der Waals surface area contributed by atoms with E-state index < -0.39 is 0 Å². The lowest BCUT2D eigenvalue weighted by atomic mass is 9.99. The number of rotatable bonds is 6. The number of carbonyl (C=O) groups excluding carboxylic acids is 2. The highest BCUT2D eigenvalue weighted by Crippen LogP contribution is 2.21. The monoisotopic (exact) mass is 332 g/mol. The van der Waals surface area contributed by atoms with Gasteiger partial charge >= 0.3 is 0 Å². The van der Waals surface area contributed by atoms with Gasteiger partial charge in [-0.3, -0.25) is 14.6 Å². The zero-order valence-corrected chi connectivity index (χ0v) is 14.9. The van der Waals surface area contributed by atoms with Crippen LogP contribution in [0.25, 0.3) is 0 Å². The molecular weight excluding hydrogens is 304 g/mol. The minimum atomic E-state index is -0.190. The van der Waals surface area contributed by atoms with E-state index in [2.05, 4.69) is 17.2 Å². The summed E-state index contributed by atoms with van der Waals surface area (Å²) in [6, 6.07) is 1.95. The smallest absolute Gasteiger partial charge is 0.255 e. The number of nitrogens with zero attached hydrogens (tertiary/aromatic N) is 3. The molecule has 132 valence electrons. The standard InChI is InChI=1S/C18H28N4O2/c1-4-16-7-5-6-9-22(16)18(24)15-11-14(12-19-13-15)17(23)20-8-10-21(2)3/h11-13,16H,4-10H2,1-3H3,(H,20,23). The van der Waals surface area contributed by atoms with Gasteiger partial charge in [-0.2, -0.15) is 0 Å². The summed E-state index contributed by atoms with van der Waals surface area (Å²) in [7, 11) is 3.91. The molecule has 1 saturated heterocycles. The summed E-state index contributed by atoms with van der Waals surface area (Å²) in [5.41, 5.74) is 0.931. The van der Waals surface area contributed by atoms with Crippen molar-refractivity contribution in [3.8, 4) is 0 Å². The van der Waals surface area contributed by atoms with Crippen LogP contribution in [0.3, 0.4) is 0 Å². The Labute approximate surface area is 144 Å². The number of carbonyl (C=O) groups is 2. The Hall–Kier alpha value is -1.95. The minimum absolute atomic E-state index is 0.0167. The van der Waals surface area contributed by atoms with Crippen molar-refractivity contribution in [1.29, 1.82) is 0 Å². The highest BCUT2D eigenvalue weighted by molar-refractivity contribution is 5.99. The van der Waals surface area contributed by atoms with Crippen molar-refractivity contribution in [3.63, 3.8) is 0 Å². The van der Waals surface area contributed by atoms with E-state index in [4.69, 9.17) is 0 Å². The molecule has 1 N–H and O–H groups in total. The molecule has 0 radical (unpaired) electrons. The van der Waals surface area contributed by atoms with Crippen LogP contribution in [0.1, 0.15) is 53.3 Å². The van der Waals surface area contributed by atoms with Gasteiger partial charge in [0.15, 0.2) is 0 Å². The molecule has 1 aromatic rings. The number of likely N-dealkylation sites (N-methyl/N-ethyl adjacent to an activating group) is 1. The third-order valence-corrected chi connectivity index (χ3v) is 4.45. The van der Waals surface area contributed by atoms with Gasteiger partial charge in [0.05, 0.1) is 11.1 Å². The van der Waals surface area contributed by atoms with E-state index in [0.29, 0.717) is 23.7 Å². The molecule has 0 spiro atoms. The van der Waals surface area contributed by atoms with Crippen LogP contribution in [-0.2, 0) is 0 Å². The Morgan fingerprint density at radius 2 is 2.04 bits per heavy atom. The fraction of sp³-hybridized carbons (Fsp3) is 0.611. The first-order valence-corrected chi connectivity index (χ1v) is 8.72. The predicted octanol–water partition coefficient (Wildman–Crippen LogP) is 1.78. The molecule has 0 bridgehead atoms. The third-order valence-electron chi connectivity index (χ3n) is 4.45. The number of nitrogens with one attached hydrogen (secondary N) is 1. The molecule has 1 aliphatic rings. The van der Waals surface area contributed by atoms with E-state index in [1.165, 1.54) is 12.6 Å². The predicted molar refractivity (Wildman–Crippen MR) is 94.1 cm³/mol. The van der Waals surface area contributed by atoms with Crippen LogP contribution < -0.4 is 5.32 Å². The van der Waals surface area contributed by atoms with Gasteiger partial charge < -0.3 is 15.1 Å². The number of pyridine rings is 1. The summed E-state index contributed by atoms with van der Waals surface area (Å²) in [5, 5.41) is 2.85. The van der Waals surface area contributed by atoms with Crippen LogP contribution in [-0.4, -0.2) is 66.4 Å².